The number of piperidine rings is 1. The van der Waals surface area contributed by atoms with Crippen molar-refractivity contribution in [2.24, 2.45) is 5.92 Å². The molecule has 148 valence electrons. The summed E-state index contributed by atoms with van der Waals surface area (Å²) in [6.45, 7) is 5.81. The summed E-state index contributed by atoms with van der Waals surface area (Å²) in [6, 6.07) is 7.45. The molecule has 1 aromatic heterocycles. The van der Waals surface area contributed by atoms with Crippen LogP contribution in [0.2, 0.25) is 0 Å². The maximum absolute atomic E-state index is 13.1. The fraction of sp³-hybridized carbons (Fsp3) is 0.526. The zero-order chi connectivity index (χ0) is 19.4. The van der Waals surface area contributed by atoms with Crippen LogP contribution in [0.15, 0.2) is 35.4 Å². The molecule has 0 amide bonds. The number of ether oxygens (including phenoxy) is 2. The molecular weight excluding hydrogens is 366 g/mol. The van der Waals surface area contributed by atoms with E-state index in [4.69, 9.17) is 9.47 Å². The number of benzene rings is 1. The first-order valence-corrected chi connectivity index (χ1v) is 10.7. The first kappa shape index (κ1) is 19.7. The van der Waals surface area contributed by atoms with Gasteiger partial charge in [0, 0.05) is 37.8 Å². The van der Waals surface area contributed by atoms with Crippen LogP contribution < -0.4 is 9.47 Å². The van der Waals surface area contributed by atoms with Gasteiger partial charge in [-0.1, -0.05) is 6.07 Å². The van der Waals surface area contributed by atoms with Gasteiger partial charge in [0.05, 0.1) is 19.4 Å². The monoisotopic (exact) mass is 393 g/mol. The van der Waals surface area contributed by atoms with Crippen molar-refractivity contribution in [3.63, 3.8) is 0 Å². The van der Waals surface area contributed by atoms with Gasteiger partial charge >= 0.3 is 0 Å². The summed E-state index contributed by atoms with van der Waals surface area (Å²) in [5, 5.41) is 4.28. The number of nitrogens with zero attached hydrogens (tertiary/aromatic N) is 3. The van der Waals surface area contributed by atoms with Crippen molar-refractivity contribution in [2.75, 3.05) is 26.8 Å². The topological polar surface area (TPSA) is 73.7 Å². The fourth-order valence-electron chi connectivity index (χ4n) is 3.34. The Labute approximate surface area is 160 Å². The van der Waals surface area contributed by atoms with E-state index >= 15 is 0 Å². The number of sulfonamides is 1. The minimum atomic E-state index is -3.53. The molecule has 8 heteroatoms. The van der Waals surface area contributed by atoms with Crippen LogP contribution in [0, 0.1) is 12.8 Å². The van der Waals surface area contributed by atoms with Gasteiger partial charge < -0.3 is 9.47 Å². The maximum Gasteiger partial charge on any atom is 0.246 e. The quantitative estimate of drug-likeness (QED) is 0.723. The zero-order valence-corrected chi connectivity index (χ0v) is 16.9. The van der Waals surface area contributed by atoms with E-state index in [-0.39, 0.29) is 5.92 Å². The number of aryl methyl sites for hydroxylation is 2. The van der Waals surface area contributed by atoms with Crippen molar-refractivity contribution in [1.29, 1.82) is 0 Å². The van der Waals surface area contributed by atoms with Crippen molar-refractivity contribution in [3.8, 4) is 11.5 Å². The van der Waals surface area contributed by atoms with Crippen LogP contribution in [0.25, 0.3) is 0 Å². The second kappa shape index (κ2) is 8.31. The molecule has 3 rings (SSSR count). The van der Waals surface area contributed by atoms with E-state index in [9.17, 15) is 8.42 Å². The van der Waals surface area contributed by atoms with Crippen molar-refractivity contribution < 1.29 is 17.9 Å². The van der Waals surface area contributed by atoms with Gasteiger partial charge in [-0.2, -0.15) is 9.40 Å². The molecule has 2 aromatic rings. The fourth-order valence-corrected chi connectivity index (χ4v) is 5.06. The summed E-state index contributed by atoms with van der Waals surface area (Å²) in [7, 11) is -1.92. The molecule has 1 aliphatic heterocycles. The van der Waals surface area contributed by atoms with Crippen molar-refractivity contribution in [1.82, 2.24) is 14.1 Å². The van der Waals surface area contributed by atoms with Crippen molar-refractivity contribution in [3.05, 3.63) is 36.2 Å². The van der Waals surface area contributed by atoms with E-state index < -0.39 is 10.0 Å². The van der Waals surface area contributed by atoms with Crippen LogP contribution in [0.4, 0.5) is 0 Å². The lowest BCUT2D eigenvalue weighted by Gasteiger charge is -2.31. The highest BCUT2D eigenvalue weighted by Gasteiger charge is 2.32. The molecule has 1 unspecified atom stereocenters. The minimum Gasteiger partial charge on any atom is -0.497 e. The minimum absolute atomic E-state index is 0.154. The predicted octanol–water partition coefficient (Wildman–Crippen LogP) is 2.70. The Morgan fingerprint density at radius 3 is 2.78 bits per heavy atom. The highest BCUT2D eigenvalue weighted by atomic mass is 32.2. The summed E-state index contributed by atoms with van der Waals surface area (Å²) < 4.78 is 40.4. The van der Waals surface area contributed by atoms with Gasteiger partial charge in [0.25, 0.3) is 0 Å². The molecule has 1 fully saturated rings. The molecule has 0 spiro atoms. The van der Waals surface area contributed by atoms with Crippen LogP contribution in [0.1, 0.15) is 25.5 Å². The van der Waals surface area contributed by atoms with Gasteiger partial charge in [-0.15, -0.1) is 0 Å². The lowest BCUT2D eigenvalue weighted by molar-refractivity contribution is 0.180. The largest absolute Gasteiger partial charge is 0.497 e. The molecule has 1 saturated heterocycles. The van der Waals surface area contributed by atoms with Gasteiger partial charge in [-0.05, 0) is 38.8 Å². The maximum atomic E-state index is 13.1. The van der Waals surface area contributed by atoms with Crippen LogP contribution in [-0.4, -0.2) is 49.3 Å². The molecular formula is C19H27N3O4S. The first-order chi connectivity index (χ1) is 12.9. The number of aromatic nitrogens is 2. The van der Waals surface area contributed by atoms with E-state index in [1.54, 1.807) is 29.2 Å². The van der Waals surface area contributed by atoms with Crippen LogP contribution in [0.3, 0.4) is 0 Å². The average Bonchev–Trinajstić information content (AvgIpc) is 3.08. The number of hydrogen-bond acceptors (Lipinski definition) is 5. The van der Waals surface area contributed by atoms with E-state index in [1.807, 2.05) is 31.2 Å². The van der Waals surface area contributed by atoms with Gasteiger partial charge in [-0.3, -0.25) is 4.68 Å². The molecule has 0 bridgehead atoms. The highest BCUT2D eigenvalue weighted by molar-refractivity contribution is 7.89. The molecule has 7 nitrogen and oxygen atoms in total. The van der Waals surface area contributed by atoms with Crippen molar-refractivity contribution >= 4 is 10.0 Å². The molecule has 0 saturated carbocycles. The molecule has 27 heavy (non-hydrogen) atoms. The third-order valence-electron chi connectivity index (χ3n) is 4.85. The number of rotatable bonds is 7. The molecule has 1 atom stereocenters. The summed E-state index contributed by atoms with van der Waals surface area (Å²) in [5.41, 5.74) is 0.548. The Kier molecular flexibility index (Phi) is 6.06. The van der Waals surface area contributed by atoms with E-state index in [0.29, 0.717) is 36.8 Å². The standard InChI is InChI=1S/C19H27N3O4S/c1-4-21-13-19(15(2)20-21)27(23,24)22-10-6-7-16(12-22)14-26-18-9-5-8-17(11-18)25-3/h5,8-9,11,13,16H,4,6-7,10,12,14H2,1-3H3. The summed E-state index contributed by atoms with van der Waals surface area (Å²) in [4.78, 5) is 0.304. The Morgan fingerprint density at radius 2 is 2.07 bits per heavy atom. The molecule has 0 aliphatic carbocycles. The third kappa shape index (κ3) is 4.44. The zero-order valence-electron chi connectivity index (χ0n) is 16.1. The van der Waals surface area contributed by atoms with Gasteiger partial charge in [-0.25, -0.2) is 8.42 Å². The van der Waals surface area contributed by atoms with E-state index in [1.165, 1.54) is 0 Å². The predicted molar refractivity (Wildman–Crippen MR) is 103 cm³/mol. The Bertz CT molecular complexity index is 879. The lowest BCUT2D eigenvalue weighted by atomic mass is 10.0. The normalized spacial score (nSPS) is 18.4. The SMILES string of the molecule is CCn1cc(S(=O)(=O)N2CCCC(COc3cccc(OC)c3)C2)c(C)n1. The molecule has 2 heterocycles. The van der Waals surface area contributed by atoms with E-state index in [2.05, 4.69) is 5.10 Å². The summed E-state index contributed by atoms with van der Waals surface area (Å²) in [5.74, 6) is 1.62. The number of hydrogen-bond donors (Lipinski definition) is 0. The Balaban J connectivity index is 1.67. The van der Waals surface area contributed by atoms with Crippen LogP contribution in [-0.2, 0) is 16.6 Å². The second-order valence-electron chi connectivity index (χ2n) is 6.80. The highest BCUT2D eigenvalue weighted by Crippen LogP contribution is 2.26. The second-order valence-corrected chi connectivity index (χ2v) is 8.70. The average molecular weight is 394 g/mol. The van der Waals surface area contributed by atoms with Gasteiger partial charge in [0.2, 0.25) is 10.0 Å². The lowest BCUT2D eigenvalue weighted by Crippen LogP contribution is -2.41. The smallest absolute Gasteiger partial charge is 0.246 e. The number of methoxy groups -OCH3 is 1. The molecule has 1 aromatic carbocycles. The molecule has 0 radical (unpaired) electrons. The van der Waals surface area contributed by atoms with Crippen molar-refractivity contribution in [2.45, 2.75) is 38.1 Å². The first-order valence-electron chi connectivity index (χ1n) is 9.25. The third-order valence-corrected chi connectivity index (χ3v) is 6.82. The summed E-state index contributed by atoms with van der Waals surface area (Å²) >= 11 is 0. The molecule has 0 N–H and O–H groups in total. The van der Waals surface area contributed by atoms with Crippen LogP contribution >= 0.6 is 0 Å². The Morgan fingerprint density at radius 1 is 1.30 bits per heavy atom. The van der Waals surface area contributed by atoms with E-state index in [0.717, 1.165) is 24.3 Å². The Hall–Kier alpha value is -2.06. The van der Waals surface area contributed by atoms with Gasteiger partial charge in [0.15, 0.2) is 0 Å². The molecule has 1 aliphatic rings. The summed E-state index contributed by atoms with van der Waals surface area (Å²) in [6.07, 6.45) is 3.40. The van der Waals surface area contributed by atoms with Gasteiger partial charge in [0.1, 0.15) is 16.4 Å². The van der Waals surface area contributed by atoms with Crippen LogP contribution in [0.5, 0.6) is 11.5 Å².